The summed E-state index contributed by atoms with van der Waals surface area (Å²) in [6.07, 6.45) is 2.32. The van der Waals surface area contributed by atoms with E-state index in [1.165, 1.54) is 12.5 Å². The Kier molecular flexibility index (Phi) is 3.66. The molecule has 0 saturated carbocycles. The minimum absolute atomic E-state index is 0.173. The first-order chi connectivity index (χ1) is 7.65. The summed E-state index contributed by atoms with van der Waals surface area (Å²) in [7, 11) is 2.11. The number of halogens is 2. The van der Waals surface area contributed by atoms with Crippen LogP contribution in [0.25, 0.3) is 0 Å². The maximum atomic E-state index is 13.2. The maximum Gasteiger partial charge on any atom is 0.143 e. The molecular weight excluding hydrogens is 227 g/mol. The van der Waals surface area contributed by atoms with Crippen molar-refractivity contribution >= 4 is 17.3 Å². The molecule has 0 radical (unpaired) electrons. The number of benzene rings is 1. The summed E-state index contributed by atoms with van der Waals surface area (Å²) in [6.45, 7) is 2.15. The van der Waals surface area contributed by atoms with Crippen molar-refractivity contribution in [3.8, 4) is 0 Å². The molecule has 1 heterocycles. The van der Waals surface area contributed by atoms with Gasteiger partial charge >= 0.3 is 0 Å². The van der Waals surface area contributed by atoms with Crippen LogP contribution in [0.3, 0.4) is 0 Å². The number of hydrogen-bond donors (Lipinski definition) is 1. The van der Waals surface area contributed by atoms with E-state index in [9.17, 15) is 4.39 Å². The van der Waals surface area contributed by atoms with Crippen LogP contribution in [-0.2, 0) is 0 Å². The number of likely N-dealkylation sites (N-methyl/N-ethyl adjacent to an activating group) is 1. The van der Waals surface area contributed by atoms with Crippen LogP contribution in [0.15, 0.2) is 18.2 Å². The van der Waals surface area contributed by atoms with E-state index in [4.69, 9.17) is 11.6 Å². The predicted molar refractivity (Wildman–Crippen MR) is 65.6 cm³/mol. The van der Waals surface area contributed by atoms with E-state index in [0.29, 0.717) is 6.04 Å². The summed E-state index contributed by atoms with van der Waals surface area (Å²) in [4.78, 5) is 2.29. The molecular formula is C12H16ClFN2. The first-order valence-corrected chi connectivity index (χ1v) is 5.93. The third-order valence-electron chi connectivity index (χ3n) is 2.91. The molecule has 1 saturated heterocycles. The molecule has 1 atom stereocenters. The van der Waals surface area contributed by atoms with Crippen LogP contribution in [0.2, 0.25) is 5.02 Å². The van der Waals surface area contributed by atoms with Gasteiger partial charge in [-0.05, 0) is 44.6 Å². The zero-order valence-electron chi connectivity index (χ0n) is 9.34. The molecule has 1 fully saturated rings. The molecule has 1 N–H and O–H groups in total. The van der Waals surface area contributed by atoms with Crippen LogP contribution < -0.4 is 5.32 Å². The minimum Gasteiger partial charge on any atom is -0.381 e. The van der Waals surface area contributed by atoms with Gasteiger partial charge in [0.1, 0.15) is 5.82 Å². The molecule has 1 aromatic rings. The Bertz CT molecular complexity index is 370. The van der Waals surface area contributed by atoms with Gasteiger partial charge in [0, 0.05) is 18.3 Å². The molecule has 2 rings (SSSR count). The Morgan fingerprint density at radius 1 is 1.50 bits per heavy atom. The first kappa shape index (κ1) is 11.7. The monoisotopic (exact) mass is 242 g/mol. The molecule has 0 amide bonds. The van der Waals surface area contributed by atoms with Gasteiger partial charge in [0.05, 0.1) is 5.02 Å². The van der Waals surface area contributed by atoms with Gasteiger partial charge in [-0.1, -0.05) is 11.6 Å². The fourth-order valence-corrected chi connectivity index (χ4v) is 2.22. The molecule has 0 spiro atoms. The van der Waals surface area contributed by atoms with Crippen molar-refractivity contribution < 1.29 is 4.39 Å². The highest BCUT2D eigenvalue weighted by molar-refractivity contribution is 6.30. The molecule has 16 heavy (non-hydrogen) atoms. The van der Waals surface area contributed by atoms with E-state index in [2.05, 4.69) is 17.3 Å². The van der Waals surface area contributed by atoms with Crippen LogP contribution in [-0.4, -0.2) is 31.1 Å². The minimum atomic E-state index is -0.365. The van der Waals surface area contributed by atoms with E-state index in [1.54, 1.807) is 6.07 Å². The Morgan fingerprint density at radius 3 is 3.00 bits per heavy atom. The number of piperidine rings is 1. The lowest BCUT2D eigenvalue weighted by atomic mass is 10.1. The van der Waals surface area contributed by atoms with Crippen LogP contribution in [0.4, 0.5) is 10.1 Å². The van der Waals surface area contributed by atoms with Crippen molar-refractivity contribution in [3.05, 3.63) is 29.0 Å². The van der Waals surface area contributed by atoms with Crippen molar-refractivity contribution in [2.24, 2.45) is 0 Å². The predicted octanol–water partition coefficient (Wildman–Crippen LogP) is 2.99. The number of hydrogen-bond acceptors (Lipinski definition) is 2. The number of likely N-dealkylation sites (tertiary alicyclic amines) is 1. The molecule has 0 aliphatic carbocycles. The van der Waals surface area contributed by atoms with Crippen LogP contribution in [0.1, 0.15) is 12.8 Å². The Morgan fingerprint density at radius 2 is 2.31 bits per heavy atom. The number of nitrogens with one attached hydrogen (secondary N) is 1. The summed E-state index contributed by atoms with van der Waals surface area (Å²) in [5.74, 6) is -0.365. The standard InChI is InChI=1S/C12H16ClFN2/c1-16-6-2-3-10(8-16)15-9-4-5-11(13)12(14)7-9/h4-5,7,10,15H,2-3,6,8H2,1H3. The smallest absolute Gasteiger partial charge is 0.143 e. The highest BCUT2D eigenvalue weighted by Gasteiger charge is 2.16. The molecule has 88 valence electrons. The molecule has 0 aromatic heterocycles. The average molecular weight is 243 g/mol. The van der Waals surface area contributed by atoms with Gasteiger partial charge in [0.2, 0.25) is 0 Å². The molecule has 1 aliphatic rings. The van der Waals surface area contributed by atoms with E-state index in [1.807, 2.05) is 6.07 Å². The second-order valence-electron chi connectivity index (χ2n) is 4.37. The molecule has 1 aromatic carbocycles. The Balaban J connectivity index is 2.00. The van der Waals surface area contributed by atoms with E-state index in [-0.39, 0.29) is 10.8 Å². The van der Waals surface area contributed by atoms with Crippen LogP contribution >= 0.6 is 11.6 Å². The summed E-state index contributed by atoms with van der Waals surface area (Å²) < 4.78 is 13.2. The van der Waals surface area contributed by atoms with Gasteiger partial charge in [-0.2, -0.15) is 0 Å². The van der Waals surface area contributed by atoms with Gasteiger partial charge in [-0.25, -0.2) is 4.39 Å². The highest BCUT2D eigenvalue weighted by atomic mass is 35.5. The third kappa shape index (κ3) is 2.86. The zero-order valence-corrected chi connectivity index (χ0v) is 10.1. The van der Waals surface area contributed by atoms with E-state index < -0.39 is 0 Å². The largest absolute Gasteiger partial charge is 0.381 e. The summed E-state index contributed by atoms with van der Waals surface area (Å²) in [6, 6.07) is 5.27. The fourth-order valence-electron chi connectivity index (χ4n) is 2.11. The Hall–Kier alpha value is -0.800. The van der Waals surface area contributed by atoms with Crippen LogP contribution in [0, 0.1) is 5.82 Å². The number of nitrogens with zero attached hydrogens (tertiary/aromatic N) is 1. The molecule has 0 bridgehead atoms. The van der Waals surface area contributed by atoms with Crippen molar-refractivity contribution in [1.82, 2.24) is 4.90 Å². The van der Waals surface area contributed by atoms with Crippen molar-refractivity contribution in [3.63, 3.8) is 0 Å². The second-order valence-corrected chi connectivity index (χ2v) is 4.78. The van der Waals surface area contributed by atoms with Gasteiger partial charge < -0.3 is 10.2 Å². The highest BCUT2D eigenvalue weighted by Crippen LogP contribution is 2.21. The van der Waals surface area contributed by atoms with Crippen LogP contribution in [0.5, 0.6) is 0 Å². The lowest BCUT2D eigenvalue weighted by Gasteiger charge is -2.30. The lowest BCUT2D eigenvalue weighted by molar-refractivity contribution is 0.261. The third-order valence-corrected chi connectivity index (χ3v) is 3.22. The summed E-state index contributed by atoms with van der Waals surface area (Å²) in [5, 5.41) is 3.51. The Labute approximate surface area is 100 Å². The van der Waals surface area contributed by atoms with Gasteiger partial charge in [-0.3, -0.25) is 0 Å². The van der Waals surface area contributed by atoms with E-state index in [0.717, 1.165) is 25.2 Å². The molecule has 1 aliphatic heterocycles. The van der Waals surface area contributed by atoms with Crippen molar-refractivity contribution in [2.75, 3.05) is 25.5 Å². The molecule has 1 unspecified atom stereocenters. The summed E-state index contributed by atoms with van der Waals surface area (Å²) >= 11 is 5.64. The molecule has 2 nitrogen and oxygen atoms in total. The van der Waals surface area contributed by atoms with Gasteiger partial charge in [-0.15, -0.1) is 0 Å². The van der Waals surface area contributed by atoms with E-state index >= 15 is 0 Å². The normalized spacial score (nSPS) is 22.1. The quantitative estimate of drug-likeness (QED) is 0.858. The average Bonchev–Trinajstić information content (AvgIpc) is 2.24. The molecule has 4 heteroatoms. The van der Waals surface area contributed by atoms with Gasteiger partial charge in [0.25, 0.3) is 0 Å². The summed E-state index contributed by atoms with van der Waals surface area (Å²) in [5.41, 5.74) is 0.808. The first-order valence-electron chi connectivity index (χ1n) is 5.55. The number of rotatable bonds is 2. The topological polar surface area (TPSA) is 15.3 Å². The van der Waals surface area contributed by atoms with Crippen molar-refractivity contribution in [1.29, 1.82) is 0 Å². The van der Waals surface area contributed by atoms with Crippen molar-refractivity contribution in [2.45, 2.75) is 18.9 Å². The zero-order chi connectivity index (χ0) is 11.5. The second kappa shape index (κ2) is 5.02. The number of anilines is 1. The SMILES string of the molecule is CN1CCCC(Nc2ccc(Cl)c(F)c2)C1. The van der Waals surface area contributed by atoms with Gasteiger partial charge in [0.15, 0.2) is 0 Å². The lowest BCUT2D eigenvalue weighted by Crippen LogP contribution is -2.39. The maximum absolute atomic E-state index is 13.2. The fraction of sp³-hybridized carbons (Fsp3) is 0.500.